The summed E-state index contributed by atoms with van der Waals surface area (Å²) in [6, 6.07) is 6.69. The minimum atomic E-state index is 0.471. The third-order valence-electron chi connectivity index (χ3n) is 5.36. The number of nitrogen functional groups attached to an aromatic ring is 1. The predicted octanol–water partition coefficient (Wildman–Crippen LogP) is 4.10. The van der Waals surface area contributed by atoms with Crippen LogP contribution < -0.4 is 10.6 Å². The zero-order valence-corrected chi connectivity index (χ0v) is 16.4. The van der Waals surface area contributed by atoms with E-state index in [0.29, 0.717) is 11.2 Å². The summed E-state index contributed by atoms with van der Waals surface area (Å²) < 4.78 is 0. The third kappa shape index (κ3) is 2.99. The van der Waals surface area contributed by atoms with Crippen molar-refractivity contribution in [1.82, 2.24) is 25.1 Å². The van der Waals surface area contributed by atoms with Crippen molar-refractivity contribution < 1.29 is 0 Å². The van der Waals surface area contributed by atoms with Crippen LogP contribution in [0.15, 0.2) is 36.8 Å². The molecule has 3 N–H and O–H groups in total. The van der Waals surface area contributed by atoms with Gasteiger partial charge in [0.2, 0.25) is 5.13 Å². The Kier molecular flexibility index (Phi) is 4.20. The maximum Gasteiger partial charge on any atom is 0.203 e. The lowest BCUT2D eigenvalue weighted by atomic mass is 10.0. The first-order valence-electron chi connectivity index (χ1n) is 9.48. The van der Waals surface area contributed by atoms with Crippen LogP contribution in [-0.4, -0.2) is 37.7 Å². The zero-order chi connectivity index (χ0) is 19.1. The number of aromatic amines is 1. The van der Waals surface area contributed by atoms with E-state index in [2.05, 4.69) is 44.1 Å². The number of rotatable bonds is 3. The molecule has 5 rings (SSSR count). The van der Waals surface area contributed by atoms with Crippen molar-refractivity contribution in [3.63, 3.8) is 0 Å². The molecule has 7 nitrogen and oxygen atoms in total. The number of aromatic nitrogens is 5. The molecule has 0 amide bonds. The van der Waals surface area contributed by atoms with Gasteiger partial charge in [-0.3, -0.25) is 4.98 Å². The predicted molar refractivity (Wildman–Crippen MR) is 113 cm³/mol. The molecule has 0 spiro atoms. The number of anilines is 2. The summed E-state index contributed by atoms with van der Waals surface area (Å²) in [5.41, 5.74) is 9.70. The Morgan fingerprint density at radius 2 is 2.14 bits per heavy atom. The molecule has 3 aromatic heterocycles. The van der Waals surface area contributed by atoms with E-state index in [-0.39, 0.29) is 0 Å². The highest BCUT2D eigenvalue weighted by atomic mass is 32.1. The van der Waals surface area contributed by atoms with Gasteiger partial charge in [-0.15, -0.1) is 10.2 Å². The number of fused-ring (bicyclic) bond motifs is 1. The summed E-state index contributed by atoms with van der Waals surface area (Å²) in [6.45, 7) is 3.30. The van der Waals surface area contributed by atoms with Crippen LogP contribution in [0.5, 0.6) is 0 Å². The Bertz CT molecular complexity index is 1130. The minimum Gasteiger partial charge on any atom is -0.374 e. The summed E-state index contributed by atoms with van der Waals surface area (Å²) in [5, 5.41) is 10.5. The standard InChI is InChI=1S/C20H21N7S/c1-12-4-2-3-7-27(12)18-11-22-10-17(24-18)15-9-23-16-6-5-13(8-14(15)16)19-25-26-20(21)28-19/h5-6,8-12,23H,2-4,7H2,1H3,(H2,21,26). The smallest absolute Gasteiger partial charge is 0.203 e. The van der Waals surface area contributed by atoms with Gasteiger partial charge in [0.15, 0.2) is 0 Å². The van der Waals surface area contributed by atoms with Gasteiger partial charge in [-0.1, -0.05) is 11.3 Å². The summed E-state index contributed by atoms with van der Waals surface area (Å²) in [7, 11) is 0. The van der Waals surface area contributed by atoms with Crippen molar-refractivity contribution in [2.45, 2.75) is 32.2 Å². The molecule has 28 heavy (non-hydrogen) atoms. The van der Waals surface area contributed by atoms with Crippen LogP contribution in [-0.2, 0) is 0 Å². The van der Waals surface area contributed by atoms with Gasteiger partial charge in [0.1, 0.15) is 10.8 Å². The molecule has 1 atom stereocenters. The van der Waals surface area contributed by atoms with Crippen LogP contribution in [0.4, 0.5) is 10.9 Å². The summed E-state index contributed by atoms with van der Waals surface area (Å²) >= 11 is 1.39. The molecule has 1 unspecified atom stereocenters. The Hall–Kier alpha value is -3.00. The van der Waals surface area contributed by atoms with Gasteiger partial charge in [0, 0.05) is 40.8 Å². The number of piperidine rings is 1. The number of nitrogens with zero attached hydrogens (tertiary/aromatic N) is 5. The lowest BCUT2D eigenvalue weighted by Gasteiger charge is -2.34. The van der Waals surface area contributed by atoms with Crippen molar-refractivity contribution >= 4 is 33.2 Å². The molecule has 1 fully saturated rings. The Balaban J connectivity index is 1.56. The molecular weight excluding hydrogens is 370 g/mol. The molecule has 8 heteroatoms. The van der Waals surface area contributed by atoms with Crippen molar-refractivity contribution in [1.29, 1.82) is 0 Å². The van der Waals surface area contributed by atoms with Gasteiger partial charge in [-0.2, -0.15) is 0 Å². The first-order chi connectivity index (χ1) is 13.7. The first-order valence-corrected chi connectivity index (χ1v) is 10.3. The molecule has 0 aliphatic carbocycles. The monoisotopic (exact) mass is 391 g/mol. The quantitative estimate of drug-likeness (QED) is 0.546. The number of H-pyrrole nitrogens is 1. The van der Waals surface area contributed by atoms with E-state index in [1.807, 2.05) is 24.7 Å². The van der Waals surface area contributed by atoms with E-state index in [4.69, 9.17) is 10.7 Å². The van der Waals surface area contributed by atoms with Gasteiger partial charge in [0.05, 0.1) is 18.1 Å². The van der Waals surface area contributed by atoms with Crippen LogP contribution in [0.2, 0.25) is 0 Å². The fourth-order valence-electron chi connectivity index (χ4n) is 3.88. The molecule has 1 aliphatic heterocycles. The normalized spacial score (nSPS) is 17.3. The minimum absolute atomic E-state index is 0.471. The number of hydrogen-bond acceptors (Lipinski definition) is 7. The van der Waals surface area contributed by atoms with Crippen molar-refractivity contribution in [3.05, 3.63) is 36.8 Å². The largest absolute Gasteiger partial charge is 0.374 e. The summed E-state index contributed by atoms with van der Waals surface area (Å²) in [4.78, 5) is 15.1. The van der Waals surface area contributed by atoms with Gasteiger partial charge >= 0.3 is 0 Å². The average Bonchev–Trinajstić information content (AvgIpc) is 3.34. The van der Waals surface area contributed by atoms with E-state index in [9.17, 15) is 0 Å². The van der Waals surface area contributed by atoms with Gasteiger partial charge in [0.25, 0.3) is 0 Å². The van der Waals surface area contributed by atoms with E-state index in [1.165, 1.54) is 30.6 Å². The SMILES string of the molecule is CC1CCCCN1c1cncc(-c2c[nH]c3ccc(-c4nnc(N)s4)cc23)n1. The van der Waals surface area contributed by atoms with Crippen LogP contribution in [0.1, 0.15) is 26.2 Å². The highest BCUT2D eigenvalue weighted by Gasteiger charge is 2.21. The Morgan fingerprint density at radius 1 is 1.21 bits per heavy atom. The highest BCUT2D eigenvalue weighted by molar-refractivity contribution is 7.18. The molecule has 4 heterocycles. The number of hydrogen-bond donors (Lipinski definition) is 2. The molecule has 1 aromatic carbocycles. The maximum absolute atomic E-state index is 5.74. The fourth-order valence-corrected chi connectivity index (χ4v) is 4.49. The van der Waals surface area contributed by atoms with Crippen LogP contribution in [0.25, 0.3) is 32.7 Å². The fraction of sp³-hybridized carbons (Fsp3) is 0.300. The molecule has 0 radical (unpaired) electrons. The van der Waals surface area contributed by atoms with Gasteiger partial charge < -0.3 is 15.6 Å². The second kappa shape index (κ2) is 6.87. The lowest BCUT2D eigenvalue weighted by molar-refractivity contribution is 0.481. The molecule has 1 aliphatic rings. The molecule has 0 bridgehead atoms. The van der Waals surface area contributed by atoms with Crippen molar-refractivity contribution in [3.8, 4) is 21.8 Å². The number of nitrogens with one attached hydrogen (secondary N) is 1. The van der Waals surface area contributed by atoms with Gasteiger partial charge in [-0.25, -0.2) is 4.98 Å². The van der Waals surface area contributed by atoms with E-state index in [1.54, 1.807) is 0 Å². The van der Waals surface area contributed by atoms with E-state index in [0.717, 1.165) is 45.1 Å². The molecule has 142 valence electrons. The van der Waals surface area contributed by atoms with Crippen molar-refractivity contribution in [2.24, 2.45) is 0 Å². The number of nitrogens with two attached hydrogens (primary N) is 1. The summed E-state index contributed by atoms with van der Waals surface area (Å²) in [6.07, 6.45) is 9.39. The highest BCUT2D eigenvalue weighted by Crippen LogP contribution is 2.33. The lowest BCUT2D eigenvalue weighted by Crippen LogP contribution is -2.38. The third-order valence-corrected chi connectivity index (χ3v) is 6.17. The Labute approximate surface area is 166 Å². The van der Waals surface area contributed by atoms with E-state index < -0.39 is 0 Å². The Morgan fingerprint density at radius 3 is 2.96 bits per heavy atom. The average molecular weight is 392 g/mol. The van der Waals surface area contributed by atoms with Crippen molar-refractivity contribution in [2.75, 3.05) is 17.2 Å². The maximum atomic E-state index is 5.74. The van der Waals surface area contributed by atoms with E-state index >= 15 is 0 Å². The zero-order valence-electron chi connectivity index (χ0n) is 15.6. The van der Waals surface area contributed by atoms with Gasteiger partial charge in [-0.05, 0) is 44.4 Å². The second-order valence-electron chi connectivity index (χ2n) is 7.21. The van der Waals surface area contributed by atoms with Crippen LogP contribution in [0, 0.1) is 0 Å². The molecule has 1 saturated heterocycles. The first kappa shape index (κ1) is 17.1. The van der Waals surface area contributed by atoms with Crippen LogP contribution in [0.3, 0.4) is 0 Å². The topological polar surface area (TPSA) is 96.6 Å². The molecule has 0 saturated carbocycles. The second-order valence-corrected chi connectivity index (χ2v) is 8.22. The van der Waals surface area contributed by atoms with Crippen LogP contribution >= 0.6 is 11.3 Å². The molecule has 4 aromatic rings. The summed E-state index contributed by atoms with van der Waals surface area (Å²) in [5.74, 6) is 0.951. The molecular formula is C20H21N7S. The number of benzene rings is 1.